The Morgan fingerprint density at radius 3 is 2.27 bits per heavy atom. The van der Waals surface area contributed by atoms with E-state index < -0.39 is 28.7 Å². The number of carboxylic acids is 1. The fraction of sp³-hybridized carbons (Fsp3) is 0.636. The van der Waals surface area contributed by atoms with Crippen LogP contribution < -0.4 is 9.47 Å². The van der Waals surface area contributed by atoms with Crippen LogP contribution in [0.15, 0.2) is 47.4 Å². The molecule has 10 nitrogen and oxygen atoms in total. The number of aryl methyl sites for hydroxylation is 1. The maximum Gasteiger partial charge on any atom is 0.341 e. The summed E-state index contributed by atoms with van der Waals surface area (Å²) >= 11 is 0. The topological polar surface area (TPSA) is 123 Å². The summed E-state index contributed by atoms with van der Waals surface area (Å²) in [7, 11) is -2.27. The lowest BCUT2D eigenvalue weighted by Crippen LogP contribution is -2.53. The number of aliphatic carboxylic acids is 1. The molecular weight excluding hydrogens is 717 g/mol. The van der Waals surface area contributed by atoms with Gasteiger partial charge in [-0.05, 0) is 104 Å². The predicted octanol–water partition coefficient (Wildman–Crippen LogP) is 8.67. The van der Waals surface area contributed by atoms with Gasteiger partial charge < -0.3 is 24.2 Å². The second-order valence-electron chi connectivity index (χ2n) is 17.4. The van der Waals surface area contributed by atoms with Crippen molar-refractivity contribution in [2.75, 3.05) is 39.9 Å². The first kappa shape index (κ1) is 44.3. The molecule has 1 N–H and O–H groups in total. The third-order valence-electron chi connectivity index (χ3n) is 12.1. The maximum atomic E-state index is 14.7. The van der Waals surface area contributed by atoms with E-state index in [0.29, 0.717) is 44.1 Å². The molecule has 0 bridgehead atoms. The Labute approximate surface area is 330 Å². The number of hydrogen-bond acceptors (Lipinski definition) is 7. The average molecular weight is 783 g/mol. The van der Waals surface area contributed by atoms with Crippen molar-refractivity contribution in [3.8, 4) is 11.5 Å². The summed E-state index contributed by atoms with van der Waals surface area (Å²) in [6.45, 7) is 25.5. The molecule has 55 heavy (non-hydrogen) atoms. The number of hydrogen-bond donors (Lipinski definition) is 1. The largest absolute Gasteiger partial charge is 0.490 e. The van der Waals surface area contributed by atoms with Crippen LogP contribution in [0.3, 0.4) is 0 Å². The molecule has 1 spiro atoms. The molecule has 0 aromatic heterocycles. The van der Waals surface area contributed by atoms with E-state index in [-0.39, 0.29) is 51.9 Å². The van der Waals surface area contributed by atoms with Crippen molar-refractivity contribution in [2.24, 2.45) is 17.3 Å². The summed E-state index contributed by atoms with van der Waals surface area (Å²) in [5, 5.41) is 9.54. The number of rotatable bonds is 16. The molecule has 0 radical (unpaired) electrons. The van der Waals surface area contributed by atoms with E-state index in [1.807, 2.05) is 26.0 Å². The van der Waals surface area contributed by atoms with Crippen molar-refractivity contribution in [2.45, 2.75) is 130 Å². The number of benzene rings is 2. The Bertz CT molecular complexity index is 1810. The van der Waals surface area contributed by atoms with Crippen LogP contribution in [0, 0.1) is 24.2 Å². The predicted molar refractivity (Wildman–Crippen MR) is 217 cm³/mol. The van der Waals surface area contributed by atoms with Crippen LogP contribution in [0.4, 0.5) is 0 Å². The van der Waals surface area contributed by atoms with Crippen molar-refractivity contribution in [1.29, 1.82) is 0 Å². The lowest BCUT2D eigenvalue weighted by atomic mass is 9.62. The van der Waals surface area contributed by atoms with Crippen LogP contribution >= 0.6 is 0 Å². The van der Waals surface area contributed by atoms with Gasteiger partial charge in [0.05, 0.1) is 18.8 Å². The number of sulfonamides is 1. The number of carbonyl (C=O) groups excluding carboxylic acids is 1. The van der Waals surface area contributed by atoms with Gasteiger partial charge >= 0.3 is 5.97 Å². The molecule has 2 saturated heterocycles. The van der Waals surface area contributed by atoms with Gasteiger partial charge in [-0.25, -0.2) is 13.2 Å². The minimum Gasteiger partial charge on any atom is -0.490 e. The quantitative estimate of drug-likeness (QED) is 0.168. The van der Waals surface area contributed by atoms with Crippen LogP contribution in [-0.4, -0.2) is 80.6 Å². The van der Waals surface area contributed by atoms with Gasteiger partial charge in [0, 0.05) is 38.5 Å². The van der Waals surface area contributed by atoms with E-state index in [1.54, 1.807) is 28.4 Å². The van der Waals surface area contributed by atoms with E-state index in [1.165, 1.54) is 6.92 Å². The van der Waals surface area contributed by atoms with Crippen molar-refractivity contribution < 1.29 is 37.3 Å². The van der Waals surface area contributed by atoms with Crippen LogP contribution in [0.25, 0.3) is 0 Å². The fourth-order valence-electron chi connectivity index (χ4n) is 8.02. The Morgan fingerprint density at radius 2 is 1.73 bits per heavy atom. The summed E-state index contributed by atoms with van der Waals surface area (Å²) in [5.41, 5.74) is 4.26. The molecule has 2 aromatic rings. The number of amides is 1. The van der Waals surface area contributed by atoms with Crippen LogP contribution in [-0.2, 0) is 29.8 Å². The first-order valence-corrected chi connectivity index (χ1v) is 21.4. The van der Waals surface area contributed by atoms with Crippen molar-refractivity contribution in [1.82, 2.24) is 9.21 Å². The summed E-state index contributed by atoms with van der Waals surface area (Å²) in [5.74, 6) is 0.135. The molecule has 2 fully saturated rings. The van der Waals surface area contributed by atoms with Gasteiger partial charge in [0.1, 0.15) is 23.0 Å². The Balaban J connectivity index is 1.69. The highest BCUT2D eigenvalue weighted by Crippen LogP contribution is 2.56. The molecule has 4 rings (SSSR count). The molecule has 11 heteroatoms. The minimum absolute atomic E-state index is 0.0902. The lowest BCUT2D eigenvalue weighted by molar-refractivity contribution is -0.173. The zero-order valence-electron chi connectivity index (χ0n) is 35.2. The molecule has 2 aliphatic rings. The number of nitrogens with zero attached hydrogens (tertiary/aromatic N) is 2. The molecule has 2 aromatic carbocycles. The number of likely N-dealkylation sites (N-methyl/N-ethyl adjacent to an activating group) is 1. The monoisotopic (exact) mass is 782 g/mol. The van der Waals surface area contributed by atoms with Gasteiger partial charge in [0.15, 0.2) is 6.61 Å². The van der Waals surface area contributed by atoms with Gasteiger partial charge in [-0.3, -0.25) is 4.79 Å². The van der Waals surface area contributed by atoms with Gasteiger partial charge in [-0.2, -0.15) is 4.31 Å². The molecule has 2 heterocycles. The van der Waals surface area contributed by atoms with E-state index in [0.717, 1.165) is 47.1 Å². The normalized spacial score (nSPS) is 20.5. The third kappa shape index (κ3) is 10.1. The first-order valence-electron chi connectivity index (χ1n) is 19.9. The maximum absolute atomic E-state index is 14.7. The first-order chi connectivity index (χ1) is 25.6. The molecular formula is C44H66N2O8S. The van der Waals surface area contributed by atoms with Gasteiger partial charge in [-0.1, -0.05) is 72.8 Å². The molecule has 0 unspecified atom stereocenters. The molecule has 1 amide bonds. The highest BCUT2D eigenvalue weighted by molar-refractivity contribution is 7.89. The van der Waals surface area contributed by atoms with Gasteiger partial charge in [-0.15, -0.1) is 0 Å². The summed E-state index contributed by atoms with van der Waals surface area (Å²) in [4.78, 5) is 25.2. The zero-order chi connectivity index (χ0) is 41.0. The zero-order valence-corrected chi connectivity index (χ0v) is 36.0. The van der Waals surface area contributed by atoms with Gasteiger partial charge in [0.2, 0.25) is 15.9 Å². The molecule has 306 valence electrons. The smallest absolute Gasteiger partial charge is 0.341 e. The second kappa shape index (κ2) is 17.8. The summed E-state index contributed by atoms with van der Waals surface area (Å²) < 4.78 is 50.3. The number of carboxylic acid groups (broad SMARTS) is 1. The molecule has 0 aliphatic carbocycles. The molecule has 0 saturated carbocycles. The van der Waals surface area contributed by atoms with Crippen molar-refractivity contribution in [3.05, 3.63) is 64.7 Å². The third-order valence-corrected chi connectivity index (χ3v) is 14.1. The Kier molecular flexibility index (Phi) is 14.3. The van der Waals surface area contributed by atoms with Crippen molar-refractivity contribution in [3.63, 3.8) is 0 Å². The van der Waals surface area contributed by atoms with E-state index in [9.17, 15) is 23.1 Å². The highest BCUT2D eigenvalue weighted by Gasteiger charge is 2.52. The standard InChI is InChI=1S/C44H66N2O8S/c1-13-43(10,11)34-14-15-36(52-21-20-45(12)32(9)47)38(25-34)55(50,51)46-18-16-44(17-19-46)26-35(30(6)7)42(54-39(44)22-28(2)3)41-31(8)23-33(29(4)5)24-37(41)53-27-40(48)49/h14-15,23-25,28-29,35,39,42H,6,13,16-22,26-27H2,1-5,7-12H3,(H,48,49)/t35-,39+,42+/m0/s1. The van der Waals surface area contributed by atoms with Crippen LogP contribution in [0.1, 0.15) is 129 Å². The SMILES string of the molecule is C=C(C)[C@@H]1CC2(CCN(S(=O)(=O)c3cc(C(C)(C)CC)ccc3OCCN(C)C(C)=O)CC2)[C@@H](CC(C)C)O[C@H]1c1c(C)cc(C(C)C)cc1OCC(=O)O. The summed E-state index contributed by atoms with van der Waals surface area (Å²) in [6.07, 6.45) is 3.06. The molecule has 2 aliphatic heterocycles. The second-order valence-corrected chi connectivity index (χ2v) is 19.3. The van der Waals surface area contributed by atoms with Crippen molar-refractivity contribution >= 4 is 21.9 Å². The highest BCUT2D eigenvalue weighted by atomic mass is 32.2. The minimum atomic E-state index is -3.96. The number of carbonyl (C=O) groups is 2. The summed E-state index contributed by atoms with van der Waals surface area (Å²) in [6, 6.07) is 9.58. The van der Waals surface area contributed by atoms with E-state index >= 15 is 0 Å². The fourth-order valence-corrected chi connectivity index (χ4v) is 9.62. The average Bonchev–Trinajstić information content (AvgIpc) is 3.11. The number of piperidine rings is 1. The Morgan fingerprint density at radius 1 is 1.07 bits per heavy atom. The molecule has 3 atom stereocenters. The van der Waals surface area contributed by atoms with Crippen LogP contribution in [0.2, 0.25) is 0 Å². The van der Waals surface area contributed by atoms with Crippen LogP contribution in [0.5, 0.6) is 11.5 Å². The van der Waals surface area contributed by atoms with Gasteiger partial charge in [0.25, 0.3) is 0 Å². The van der Waals surface area contributed by atoms with E-state index in [4.69, 9.17) is 14.2 Å². The van der Waals surface area contributed by atoms with E-state index in [2.05, 4.69) is 61.1 Å². The lowest BCUT2D eigenvalue weighted by Gasteiger charge is -2.54. The number of ether oxygens (including phenoxy) is 3. The Hall–Kier alpha value is -3.41.